The van der Waals surface area contributed by atoms with E-state index in [1.807, 2.05) is 18.4 Å². The van der Waals surface area contributed by atoms with E-state index >= 15 is 0 Å². The van der Waals surface area contributed by atoms with Crippen LogP contribution in [0.3, 0.4) is 0 Å². The average Bonchev–Trinajstić information content (AvgIpc) is 2.27. The lowest BCUT2D eigenvalue weighted by atomic mass is 10.1. The summed E-state index contributed by atoms with van der Waals surface area (Å²) in [5.41, 5.74) is 0.538. The predicted molar refractivity (Wildman–Crippen MR) is 76.4 cm³/mol. The number of nitrogens with zero attached hydrogens (tertiary/aromatic N) is 1. The summed E-state index contributed by atoms with van der Waals surface area (Å²) in [6.45, 7) is 2.20. The van der Waals surface area contributed by atoms with Crippen LogP contribution < -0.4 is 5.32 Å². The summed E-state index contributed by atoms with van der Waals surface area (Å²) in [7, 11) is 0. The van der Waals surface area contributed by atoms with Gasteiger partial charge >= 0.3 is 0 Å². The van der Waals surface area contributed by atoms with Gasteiger partial charge in [0.1, 0.15) is 6.07 Å². The molecule has 1 aromatic carbocycles. The van der Waals surface area contributed by atoms with Gasteiger partial charge in [0.05, 0.1) is 16.9 Å². The number of hydrogen-bond donors (Lipinski definition) is 2. The number of hydrogen-bond acceptors (Lipinski definition) is 4. The molecular formula is C12H15BrN2OS. The molecule has 0 radical (unpaired) electrons. The van der Waals surface area contributed by atoms with E-state index in [0.29, 0.717) is 17.9 Å². The first kappa shape index (κ1) is 14.4. The lowest BCUT2D eigenvalue weighted by Gasteiger charge is -2.23. The molecule has 0 aliphatic heterocycles. The summed E-state index contributed by atoms with van der Waals surface area (Å²) in [6, 6.07) is 7.58. The van der Waals surface area contributed by atoms with E-state index in [-0.39, 0.29) is 0 Å². The average molecular weight is 315 g/mol. The largest absolute Gasteiger partial charge is 0.387 e. The van der Waals surface area contributed by atoms with Gasteiger partial charge in [0.15, 0.2) is 0 Å². The number of rotatable bonds is 5. The van der Waals surface area contributed by atoms with E-state index in [2.05, 4.69) is 27.3 Å². The van der Waals surface area contributed by atoms with Crippen molar-refractivity contribution in [1.82, 2.24) is 0 Å². The van der Waals surface area contributed by atoms with Gasteiger partial charge in [-0.1, -0.05) is 15.9 Å². The summed E-state index contributed by atoms with van der Waals surface area (Å²) in [4.78, 5) is 0. The molecule has 5 heteroatoms. The molecule has 0 heterocycles. The van der Waals surface area contributed by atoms with Gasteiger partial charge in [-0.2, -0.15) is 17.0 Å². The Labute approximate surface area is 114 Å². The first-order chi connectivity index (χ1) is 7.98. The molecule has 92 valence electrons. The van der Waals surface area contributed by atoms with Gasteiger partial charge in [0.2, 0.25) is 0 Å². The Morgan fingerprint density at radius 1 is 1.59 bits per heavy atom. The fourth-order valence-corrected chi connectivity index (χ4v) is 2.50. The van der Waals surface area contributed by atoms with Crippen molar-refractivity contribution < 1.29 is 5.11 Å². The van der Waals surface area contributed by atoms with Crippen LogP contribution in [0.4, 0.5) is 5.69 Å². The standard InChI is InChI=1S/C12H15BrN2OS/c1-12(16,8-17-2)7-15-11-4-3-10(13)5-9(11)6-14/h3-5,15-16H,7-8H2,1-2H3/t12-/m1/s1. The SMILES string of the molecule is CSC[C@](C)(O)CNc1ccc(Br)cc1C#N. The minimum absolute atomic E-state index is 0.421. The van der Waals surface area contributed by atoms with Crippen molar-refractivity contribution in [1.29, 1.82) is 5.26 Å². The molecule has 1 atom stereocenters. The minimum Gasteiger partial charge on any atom is -0.387 e. The maximum absolute atomic E-state index is 10.0. The van der Waals surface area contributed by atoms with Gasteiger partial charge in [0, 0.05) is 16.8 Å². The Morgan fingerprint density at radius 3 is 2.88 bits per heavy atom. The van der Waals surface area contributed by atoms with Crippen LogP contribution in [0.2, 0.25) is 0 Å². The molecule has 0 unspecified atom stereocenters. The lowest BCUT2D eigenvalue weighted by molar-refractivity contribution is 0.0997. The third-order valence-electron chi connectivity index (χ3n) is 2.22. The summed E-state index contributed by atoms with van der Waals surface area (Å²) in [6.07, 6.45) is 1.95. The molecule has 0 aromatic heterocycles. The van der Waals surface area contributed by atoms with Crippen molar-refractivity contribution in [3.8, 4) is 6.07 Å². The van der Waals surface area contributed by atoms with Crippen LogP contribution in [-0.4, -0.2) is 29.3 Å². The molecular weight excluding hydrogens is 300 g/mol. The second-order valence-corrected chi connectivity index (χ2v) is 5.87. The fourth-order valence-electron chi connectivity index (χ4n) is 1.41. The van der Waals surface area contributed by atoms with E-state index in [4.69, 9.17) is 5.26 Å². The normalized spacial score (nSPS) is 13.8. The number of aliphatic hydroxyl groups is 1. The third-order valence-corrected chi connectivity index (χ3v) is 3.62. The number of anilines is 1. The van der Waals surface area contributed by atoms with Gasteiger partial charge in [-0.05, 0) is 31.4 Å². The Balaban J connectivity index is 2.73. The highest BCUT2D eigenvalue weighted by atomic mass is 79.9. The van der Waals surface area contributed by atoms with Crippen molar-refractivity contribution in [2.75, 3.05) is 23.9 Å². The second kappa shape index (κ2) is 6.29. The Kier molecular flexibility index (Phi) is 5.31. The monoisotopic (exact) mass is 314 g/mol. The second-order valence-electron chi connectivity index (χ2n) is 4.09. The van der Waals surface area contributed by atoms with Gasteiger partial charge in [-0.25, -0.2) is 0 Å². The molecule has 0 aliphatic rings. The van der Waals surface area contributed by atoms with E-state index in [1.54, 1.807) is 24.8 Å². The van der Waals surface area contributed by atoms with Crippen LogP contribution in [-0.2, 0) is 0 Å². The van der Waals surface area contributed by atoms with E-state index in [0.717, 1.165) is 10.2 Å². The summed E-state index contributed by atoms with van der Waals surface area (Å²) in [5.74, 6) is 0.651. The Morgan fingerprint density at radius 2 is 2.29 bits per heavy atom. The smallest absolute Gasteiger partial charge is 0.101 e. The molecule has 1 aromatic rings. The predicted octanol–water partition coefficient (Wildman–Crippen LogP) is 2.85. The van der Waals surface area contributed by atoms with Crippen molar-refractivity contribution in [2.24, 2.45) is 0 Å². The third kappa shape index (κ3) is 4.58. The highest BCUT2D eigenvalue weighted by Crippen LogP contribution is 2.21. The van der Waals surface area contributed by atoms with E-state index in [9.17, 15) is 5.11 Å². The Bertz CT molecular complexity index is 429. The molecule has 0 aliphatic carbocycles. The van der Waals surface area contributed by atoms with Gasteiger partial charge < -0.3 is 10.4 Å². The van der Waals surface area contributed by atoms with Crippen molar-refractivity contribution >= 4 is 33.4 Å². The zero-order chi connectivity index (χ0) is 12.9. The Hall–Kier alpha value is -0.700. The van der Waals surface area contributed by atoms with Crippen molar-refractivity contribution in [3.63, 3.8) is 0 Å². The molecule has 0 saturated heterocycles. The lowest BCUT2D eigenvalue weighted by Crippen LogP contribution is -2.36. The summed E-state index contributed by atoms with van der Waals surface area (Å²) in [5, 5.41) is 22.1. The van der Waals surface area contributed by atoms with Gasteiger partial charge in [-0.3, -0.25) is 0 Å². The molecule has 3 nitrogen and oxygen atoms in total. The highest BCUT2D eigenvalue weighted by Gasteiger charge is 2.19. The topological polar surface area (TPSA) is 56.0 Å². The first-order valence-corrected chi connectivity index (χ1v) is 7.32. The van der Waals surface area contributed by atoms with Gasteiger partial charge in [0.25, 0.3) is 0 Å². The van der Waals surface area contributed by atoms with E-state index < -0.39 is 5.60 Å². The van der Waals surface area contributed by atoms with Crippen LogP contribution in [0.1, 0.15) is 12.5 Å². The number of nitriles is 1. The van der Waals surface area contributed by atoms with Crippen LogP contribution in [0.15, 0.2) is 22.7 Å². The van der Waals surface area contributed by atoms with Crippen molar-refractivity contribution in [3.05, 3.63) is 28.2 Å². The van der Waals surface area contributed by atoms with E-state index in [1.165, 1.54) is 0 Å². The molecule has 1 rings (SSSR count). The zero-order valence-corrected chi connectivity index (χ0v) is 12.2. The van der Waals surface area contributed by atoms with Crippen LogP contribution in [0.25, 0.3) is 0 Å². The molecule has 0 spiro atoms. The molecule has 2 N–H and O–H groups in total. The first-order valence-electron chi connectivity index (χ1n) is 5.13. The molecule has 0 bridgehead atoms. The van der Waals surface area contributed by atoms with Gasteiger partial charge in [-0.15, -0.1) is 0 Å². The summed E-state index contributed by atoms with van der Waals surface area (Å²) < 4.78 is 0.871. The molecule has 17 heavy (non-hydrogen) atoms. The van der Waals surface area contributed by atoms with Crippen LogP contribution in [0, 0.1) is 11.3 Å². The zero-order valence-electron chi connectivity index (χ0n) is 9.83. The number of halogens is 1. The quantitative estimate of drug-likeness (QED) is 0.877. The summed E-state index contributed by atoms with van der Waals surface area (Å²) >= 11 is 4.91. The molecule has 0 fully saturated rings. The molecule has 0 saturated carbocycles. The van der Waals surface area contributed by atoms with Crippen molar-refractivity contribution in [2.45, 2.75) is 12.5 Å². The molecule has 0 amide bonds. The van der Waals surface area contributed by atoms with Crippen LogP contribution >= 0.6 is 27.7 Å². The maximum Gasteiger partial charge on any atom is 0.101 e. The number of nitrogens with one attached hydrogen (secondary N) is 1. The highest BCUT2D eigenvalue weighted by molar-refractivity contribution is 9.10. The maximum atomic E-state index is 10.0. The number of benzene rings is 1. The fraction of sp³-hybridized carbons (Fsp3) is 0.417. The minimum atomic E-state index is -0.779. The number of thioether (sulfide) groups is 1. The van der Waals surface area contributed by atoms with Crippen LogP contribution in [0.5, 0.6) is 0 Å².